The Morgan fingerprint density at radius 2 is 1.38 bits per heavy atom. The minimum Gasteiger partial charge on any atom is -0.289 e. The van der Waals surface area contributed by atoms with Crippen LogP contribution in [-0.4, -0.2) is 5.78 Å². The zero-order valence-electron chi connectivity index (χ0n) is 13.6. The minimum atomic E-state index is 0.0376. The van der Waals surface area contributed by atoms with Gasteiger partial charge < -0.3 is 0 Å². The lowest BCUT2D eigenvalue weighted by Gasteiger charge is -2.13. The maximum Gasteiger partial charge on any atom is 0.193 e. The number of rotatable bonds is 3. The Balaban J connectivity index is 1.98. The van der Waals surface area contributed by atoms with Crippen LogP contribution in [0.5, 0.6) is 0 Å². The summed E-state index contributed by atoms with van der Waals surface area (Å²) in [7, 11) is 0. The molecule has 0 fully saturated rings. The fourth-order valence-corrected chi connectivity index (χ4v) is 3.27. The third-order valence-corrected chi connectivity index (χ3v) is 5.52. The van der Waals surface area contributed by atoms with Gasteiger partial charge in [0, 0.05) is 20.9 Å². The van der Waals surface area contributed by atoms with Crippen molar-refractivity contribution in [2.45, 2.75) is 23.6 Å². The van der Waals surface area contributed by atoms with Crippen LogP contribution < -0.4 is 0 Å². The molecule has 0 unspecified atom stereocenters. The number of carbonyl (C=O) groups is 1. The molecular weight excluding hydrogens is 332 g/mol. The molecule has 0 aliphatic carbocycles. The van der Waals surface area contributed by atoms with Crippen molar-refractivity contribution in [2.75, 3.05) is 0 Å². The van der Waals surface area contributed by atoms with Gasteiger partial charge in [0.2, 0.25) is 0 Å². The maximum absolute atomic E-state index is 12.5. The summed E-state index contributed by atoms with van der Waals surface area (Å²) in [5.41, 5.74) is 5.77. The van der Waals surface area contributed by atoms with Crippen molar-refractivity contribution in [3.05, 3.63) is 82.9 Å². The molecular formula is C21H18OS2. The second kappa shape index (κ2) is 6.88. The first kappa shape index (κ1) is 16.9. The molecule has 24 heavy (non-hydrogen) atoms. The van der Waals surface area contributed by atoms with Gasteiger partial charge in [0.15, 0.2) is 5.78 Å². The van der Waals surface area contributed by atoms with Crippen molar-refractivity contribution in [2.24, 2.45) is 0 Å². The molecule has 0 atom stereocenters. The summed E-state index contributed by atoms with van der Waals surface area (Å²) in [4.78, 5) is 14.3. The van der Waals surface area contributed by atoms with Crippen LogP contribution in [0.1, 0.15) is 27.0 Å². The number of ketones is 1. The first-order valence-electron chi connectivity index (χ1n) is 7.71. The van der Waals surface area contributed by atoms with Crippen LogP contribution in [-0.2, 0) is 0 Å². The molecule has 0 aromatic heterocycles. The van der Waals surface area contributed by atoms with Crippen molar-refractivity contribution >= 4 is 31.0 Å². The van der Waals surface area contributed by atoms with Crippen LogP contribution in [0.2, 0.25) is 0 Å². The molecule has 0 N–H and O–H groups in total. The molecule has 3 aromatic rings. The predicted molar refractivity (Wildman–Crippen MR) is 106 cm³/mol. The van der Waals surface area contributed by atoms with Crippen molar-refractivity contribution in [1.82, 2.24) is 0 Å². The summed E-state index contributed by atoms with van der Waals surface area (Å²) in [6, 6.07) is 19.2. The van der Waals surface area contributed by atoms with Crippen LogP contribution in [0.4, 0.5) is 0 Å². The molecule has 0 radical (unpaired) electrons. The monoisotopic (exact) mass is 350 g/mol. The third kappa shape index (κ3) is 3.14. The third-order valence-electron chi connectivity index (χ3n) is 4.21. The number of thiol groups is 2. The fraction of sp³-hybridized carbons (Fsp3) is 0.0952. The highest BCUT2D eigenvalue weighted by Crippen LogP contribution is 2.34. The Morgan fingerprint density at radius 3 is 2.00 bits per heavy atom. The second-order valence-electron chi connectivity index (χ2n) is 5.84. The van der Waals surface area contributed by atoms with Gasteiger partial charge in [0.1, 0.15) is 0 Å². The van der Waals surface area contributed by atoms with Crippen molar-refractivity contribution in [1.29, 1.82) is 0 Å². The molecule has 3 heteroatoms. The van der Waals surface area contributed by atoms with E-state index >= 15 is 0 Å². The summed E-state index contributed by atoms with van der Waals surface area (Å²) >= 11 is 9.07. The van der Waals surface area contributed by atoms with Crippen molar-refractivity contribution < 1.29 is 4.79 Å². The summed E-state index contributed by atoms with van der Waals surface area (Å²) < 4.78 is 0. The van der Waals surface area contributed by atoms with Gasteiger partial charge in [-0.3, -0.25) is 4.79 Å². The standard InChI is InChI=1S/C21H18OS2/c1-13-12-18(14(2)21(24)20(13)23)15-8-10-17(11-9-15)19(22)16-6-4-3-5-7-16/h3-12,23-24H,1-2H3. The lowest BCUT2D eigenvalue weighted by atomic mass is 9.95. The highest BCUT2D eigenvalue weighted by molar-refractivity contribution is 7.83. The number of benzene rings is 3. The molecule has 120 valence electrons. The van der Waals surface area contributed by atoms with E-state index in [9.17, 15) is 4.79 Å². The quantitative estimate of drug-likeness (QED) is 0.452. The zero-order chi connectivity index (χ0) is 17.3. The molecule has 0 aliphatic heterocycles. The number of hydrogen-bond donors (Lipinski definition) is 2. The van der Waals surface area contributed by atoms with Crippen molar-refractivity contribution in [3.8, 4) is 11.1 Å². The summed E-state index contributed by atoms with van der Waals surface area (Å²) in [6.45, 7) is 4.07. The molecule has 0 bridgehead atoms. The SMILES string of the molecule is Cc1cc(-c2ccc(C(=O)c3ccccc3)cc2)c(C)c(S)c1S. The van der Waals surface area contributed by atoms with Crippen LogP contribution in [0.15, 0.2) is 70.5 Å². The van der Waals surface area contributed by atoms with E-state index < -0.39 is 0 Å². The van der Waals surface area contributed by atoms with E-state index in [2.05, 4.69) is 31.3 Å². The Kier molecular flexibility index (Phi) is 4.83. The van der Waals surface area contributed by atoms with Gasteiger partial charge >= 0.3 is 0 Å². The zero-order valence-corrected chi connectivity index (χ0v) is 15.4. The highest BCUT2D eigenvalue weighted by Gasteiger charge is 2.12. The van der Waals surface area contributed by atoms with Crippen LogP contribution >= 0.6 is 25.3 Å². The van der Waals surface area contributed by atoms with E-state index in [-0.39, 0.29) is 5.78 Å². The van der Waals surface area contributed by atoms with Gasteiger partial charge in [-0.15, -0.1) is 25.3 Å². The number of hydrogen-bond acceptors (Lipinski definition) is 3. The summed E-state index contributed by atoms with van der Waals surface area (Å²) in [5.74, 6) is 0.0376. The first-order chi connectivity index (χ1) is 11.5. The Hall–Kier alpha value is -1.97. The Morgan fingerprint density at radius 1 is 0.792 bits per heavy atom. The van der Waals surface area contributed by atoms with E-state index in [1.807, 2.05) is 68.4 Å². The molecule has 0 aliphatic rings. The second-order valence-corrected chi connectivity index (χ2v) is 6.73. The minimum absolute atomic E-state index is 0.0376. The average Bonchev–Trinajstić information content (AvgIpc) is 2.63. The first-order valence-corrected chi connectivity index (χ1v) is 8.61. The topological polar surface area (TPSA) is 17.1 Å². The lowest BCUT2D eigenvalue weighted by Crippen LogP contribution is -2.00. The van der Waals surface area contributed by atoms with E-state index in [1.54, 1.807) is 0 Å². The van der Waals surface area contributed by atoms with Crippen LogP contribution in [0, 0.1) is 13.8 Å². The van der Waals surface area contributed by atoms with E-state index in [0.29, 0.717) is 11.1 Å². The highest BCUT2D eigenvalue weighted by atomic mass is 32.1. The van der Waals surface area contributed by atoms with E-state index in [0.717, 1.165) is 32.0 Å². The maximum atomic E-state index is 12.5. The predicted octanol–water partition coefficient (Wildman–Crippen LogP) is 5.78. The van der Waals surface area contributed by atoms with Gasteiger partial charge in [-0.1, -0.05) is 54.6 Å². The van der Waals surface area contributed by atoms with Gasteiger partial charge in [-0.05, 0) is 42.2 Å². The fourth-order valence-electron chi connectivity index (χ4n) is 2.74. The molecule has 1 nitrogen and oxygen atoms in total. The molecule has 0 amide bonds. The normalized spacial score (nSPS) is 10.7. The summed E-state index contributed by atoms with van der Waals surface area (Å²) in [5, 5.41) is 0. The summed E-state index contributed by atoms with van der Waals surface area (Å²) in [6.07, 6.45) is 0. The van der Waals surface area contributed by atoms with E-state index in [4.69, 9.17) is 0 Å². The molecule has 3 rings (SSSR count). The van der Waals surface area contributed by atoms with Gasteiger partial charge in [-0.25, -0.2) is 0 Å². The average molecular weight is 351 g/mol. The van der Waals surface area contributed by atoms with Crippen molar-refractivity contribution in [3.63, 3.8) is 0 Å². The molecule has 3 aromatic carbocycles. The molecule has 0 heterocycles. The molecule has 0 saturated carbocycles. The van der Waals surface area contributed by atoms with Gasteiger partial charge in [-0.2, -0.15) is 0 Å². The Bertz CT molecular complexity index is 897. The Labute approximate surface area is 153 Å². The van der Waals surface area contributed by atoms with Gasteiger partial charge in [0.25, 0.3) is 0 Å². The number of carbonyl (C=O) groups excluding carboxylic acids is 1. The number of aryl methyl sites for hydroxylation is 1. The van der Waals surface area contributed by atoms with Crippen LogP contribution in [0.3, 0.4) is 0 Å². The van der Waals surface area contributed by atoms with E-state index in [1.165, 1.54) is 0 Å². The largest absolute Gasteiger partial charge is 0.289 e. The van der Waals surface area contributed by atoms with Gasteiger partial charge in [0.05, 0.1) is 0 Å². The lowest BCUT2D eigenvalue weighted by molar-refractivity contribution is 0.103. The smallest absolute Gasteiger partial charge is 0.193 e. The molecule has 0 spiro atoms. The van der Waals surface area contributed by atoms with Crippen LogP contribution in [0.25, 0.3) is 11.1 Å². The molecule has 0 saturated heterocycles.